The minimum absolute atomic E-state index is 0.114. The Morgan fingerprint density at radius 3 is 2.67 bits per heavy atom. The van der Waals surface area contributed by atoms with Crippen molar-refractivity contribution in [2.45, 2.75) is 19.8 Å². The lowest BCUT2D eigenvalue weighted by atomic mass is 10.1. The summed E-state index contributed by atoms with van der Waals surface area (Å²) in [6.07, 6.45) is 0.654. The minimum Gasteiger partial charge on any atom is -0.481 e. The number of nitrogens with one attached hydrogen (secondary N) is 1. The molecular formula is C13H16ClNO3. The van der Waals surface area contributed by atoms with Crippen LogP contribution in [0.3, 0.4) is 0 Å². The van der Waals surface area contributed by atoms with Crippen LogP contribution in [-0.2, 0) is 4.79 Å². The molecule has 0 aromatic heterocycles. The van der Waals surface area contributed by atoms with Crippen molar-refractivity contribution in [2.24, 2.45) is 5.92 Å². The van der Waals surface area contributed by atoms with Gasteiger partial charge in [-0.05, 0) is 24.5 Å². The second-order valence-corrected chi connectivity index (χ2v) is 4.63. The van der Waals surface area contributed by atoms with Crippen LogP contribution in [-0.4, -0.2) is 23.5 Å². The third-order valence-corrected chi connectivity index (χ3v) is 2.91. The fourth-order valence-electron chi connectivity index (χ4n) is 1.48. The topological polar surface area (TPSA) is 66.4 Å². The normalized spacial score (nSPS) is 11.9. The highest BCUT2D eigenvalue weighted by molar-refractivity contribution is 6.33. The Hall–Kier alpha value is -1.55. The quantitative estimate of drug-likeness (QED) is 0.834. The Morgan fingerprint density at radius 1 is 1.39 bits per heavy atom. The number of benzene rings is 1. The molecule has 2 N–H and O–H groups in total. The molecule has 0 radical (unpaired) electrons. The number of amides is 1. The highest BCUT2D eigenvalue weighted by Crippen LogP contribution is 2.14. The molecule has 1 unspecified atom stereocenters. The van der Waals surface area contributed by atoms with Crippen LogP contribution in [0.4, 0.5) is 0 Å². The predicted octanol–water partition coefficient (Wildman–Crippen LogP) is 2.57. The van der Waals surface area contributed by atoms with E-state index in [2.05, 4.69) is 5.32 Å². The molecule has 98 valence electrons. The fraction of sp³-hybridized carbons (Fsp3) is 0.385. The zero-order valence-electron chi connectivity index (χ0n) is 10.1. The van der Waals surface area contributed by atoms with Gasteiger partial charge in [0.1, 0.15) is 0 Å². The Morgan fingerprint density at radius 2 is 2.06 bits per heavy atom. The van der Waals surface area contributed by atoms with Crippen LogP contribution >= 0.6 is 11.6 Å². The zero-order chi connectivity index (χ0) is 13.5. The molecule has 0 spiro atoms. The van der Waals surface area contributed by atoms with E-state index in [0.717, 1.165) is 0 Å². The molecule has 5 heteroatoms. The van der Waals surface area contributed by atoms with Crippen LogP contribution in [0.15, 0.2) is 24.3 Å². The van der Waals surface area contributed by atoms with Crippen molar-refractivity contribution in [1.82, 2.24) is 5.32 Å². The van der Waals surface area contributed by atoms with Gasteiger partial charge in [-0.1, -0.05) is 30.7 Å². The molecule has 0 bridgehead atoms. The summed E-state index contributed by atoms with van der Waals surface area (Å²) < 4.78 is 0. The van der Waals surface area contributed by atoms with E-state index < -0.39 is 5.97 Å². The summed E-state index contributed by atoms with van der Waals surface area (Å²) in [6.45, 7) is 2.34. The molecule has 0 fully saturated rings. The maximum atomic E-state index is 11.8. The van der Waals surface area contributed by atoms with Crippen molar-refractivity contribution >= 4 is 23.5 Å². The van der Waals surface area contributed by atoms with E-state index in [-0.39, 0.29) is 18.2 Å². The van der Waals surface area contributed by atoms with E-state index in [1.807, 2.05) is 6.92 Å². The Balaban J connectivity index is 2.42. The molecule has 1 rings (SSSR count). The lowest BCUT2D eigenvalue weighted by Crippen LogP contribution is -2.28. The van der Waals surface area contributed by atoms with Crippen molar-refractivity contribution < 1.29 is 14.7 Å². The van der Waals surface area contributed by atoms with E-state index in [1.165, 1.54) is 0 Å². The highest BCUT2D eigenvalue weighted by Gasteiger charge is 2.11. The molecule has 0 aliphatic rings. The molecule has 1 atom stereocenters. The first-order chi connectivity index (χ1) is 8.50. The molecular weight excluding hydrogens is 254 g/mol. The molecule has 0 saturated heterocycles. The summed E-state index contributed by atoms with van der Waals surface area (Å²) in [7, 11) is 0. The molecule has 0 heterocycles. The van der Waals surface area contributed by atoms with Crippen LogP contribution in [0.2, 0.25) is 5.02 Å². The number of carboxylic acids is 1. The SMILES string of the molecule is CC(CCC(=O)O)CNC(=O)c1ccccc1Cl. The van der Waals surface area contributed by atoms with Gasteiger partial charge in [0.05, 0.1) is 10.6 Å². The maximum absolute atomic E-state index is 11.8. The second-order valence-electron chi connectivity index (χ2n) is 4.23. The number of rotatable bonds is 6. The largest absolute Gasteiger partial charge is 0.481 e. The van der Waals surface area contributed by atoms with E-state index in [0.29, 0.717) is 23.6 Å². The molecule has 0 aliphatic heterocycles. The lowest BCUT2D eigenvalue weighted by Gasteiger charge is -2.12. The molecule has 1 amide bonds. The van der Waals surface area contributed by atoms with Gasteiger partial charge in [-0.25, -0.2) is 0 Å². The number of halogens is 1. The maximum Gasteiger partial charge on any atom is 0.303 e. The minimum atomic E-state index is -0.820. The van der Waals surface area contributed by atoms with Gasteiger partial charge >= 0.3 is 5.97 Å². The average molecular weight is 270 g/mol. The third kappa shape index (κ3) is 4.75. The summed E-state index contributed by atoms with van der Waals surface area (Å²) in [6, 6.07) is 6.81. The number of hydrogen-bond acceptors (Lipinski definition) is 2. The third-order valence-electron chi connectivity index (χ3n) is 2.58. The van der Waals surface area contributed by atoms with E-state index in [9.17, 15) is 9.59 Å². The second kappa shape index (κ2) is 7.01. The van der Waals surface area contributed by atoms with Crippen molar-refractivity contribution in [3.63, 3.8) is 0 Å². The van der Waals surface area contributed by atoms with Crippen LogP contribution in [0, 0.1) is 5.92 Å². The average Bonchev–Trinajstić information content (AvgIpc) is 2.34. The van der Waals surface area contributed by atoms with Crippen molar-refractivity contribution in [3.8, 4) is 0 Å². The molecule has 1 aromatic carbocycles. The number of carboxylic acid groups (broad SMARTS) is 1. The number of carbonyl (C=O) groups is 2. The molecule has 0 aliphatic carbocycles. The Bertz CT molecular complexity index is 434. The van der Waals surface area contributed by atoms with Gasteiger partial charge in [-0.2, -0.15) is 0 Å². The summed E-state index contributed by atoms with van der Waals surface area (Å²) in [4.78, 5) is 22.2. The van der Waals surface area contributed by atoms with Crippen molar-refractivity contribution in [3.05, 3.63) is 34.9 Å². The van der Waals surface area contributed by atoms with Gasteiger partial charge in [-0.15, -0.1) is 0 Å². The molecule has 4 nitrogen and oxygen atoms in total. The standard InChI is InChI=1S/C13H16ClNO3/c1-9(6-7-12(16)17)8-15-13(18)10-4-2-3-5-11(10)14/h2-5,9H,6-8H2,1H3,(H,15,18)(H,16,17). The first kappa shape index (κ1) is 14.5. The van der Waals surface area contributed by atoms with E-state index in [1.54, 1.807) is 24.3 Å². The van der Waals surface area contributed by atoms with Gasteiger partial charge < -0.3 is 10.4 Å². The van der Waals surface area contributed by atoms with E-state index >= 15 is 0 Å². The van der Waals surface area contributed by atoms with Gasteiger partial charge in [0.15, 0.2) is 0 Å². The number of hydrogen-bond donors (Lipinski definition) is 2. The van der Waals surface area contributed by atoms with Gasteiger partial charge in [0, 0.05) is 13.0 Å². The van der Waals surface area contributed by atoms with Crippen LogP contribution < -0.4 is 5.32 Å². The number of carbonyl (C=O) groups excluding carboxylic acids is 1. The summed E-state index contributed by atoms with van der Waals surface area (Å²) >= 11 is 5.90. The summed E-state index contributed by atoms with van der Waals surface area (Å²) in [5, 5.41) is 11.7. The van der Waals surface area contributed by atoms with Crippen LogP contribution in [0.25, 0.3) is 0 Å². The molecule has 18 heavy (non-hydrogen) atoms. The first-order valence-corrected chi connectivity index (χ1v) is 6.13. The van der Waals surface area contributed by atoms with Gasteiger partial charge in [0.2, 0.25) is 0 Å². The monoisotopic (exact) mass is 269 g/mol. The smallest absolute Gasteiger partial charge is 0.303 e. The van der Waals surface area contributed by atoms with Crippen molar-refractivity contribution in [2.75, 3.05) is 6.54 Å². The van der Waals surface area contributed by atoms with Gasteiger partial charge in [-0.3, -0.25) is 9.59 Å². The predicted molar refractivity (Wildman–Crippen MR) is 69.8 cm³/mol. The number of aliphatic carboxylic acids is 1. The van der Waals surface area contributed by atoms with Crippen LogP contribution in [0.5, 0.6) is 0 Å². The summed E-state index contributed by atoms with van der Waals surface area (Å²) in [5.74, 6) is -0.936. The highest BCUT2D eigenvalue weighted by atomic mass is 35.5. The Labute approximate surface area is 111 Å². The lowest BCUT2D eigenvalue weighted by molar-refractivity contribution is -0.137. The Kier molecular flexibility index (Phi) is 5.65. The van der Waals surface area contributed by atoms with Crippen LogP contribution in [0.1, 0.15) is 30.1 Å². The zero-order valence-corrected chi connectivity index (χ0v) is 10.9. The van der Waals surface area contributed by atoms with E-state index in [4.69, 9.17) is 16.7 Å². The summed E-state index contributed by atoms with van der Waals surface area (Å²) in [5.41, 5.74) is 0.435. The molecule has 0 saturated carbocycles. The van der Waals surface area contributed by atoms with Gasteiger partial charge in [0.25, 0.3) is 5.91 Å². The van der Waals surface area contributed by atoms with Crippen molar-refractivity contribution in [1.29, 1.82) is 0 Å². The molecule has 1 aromatic rings. The fourth-order valence-corrected chi connectivity index (χ4v) is 1.70. The first-order valence-electron chi connectivity index (χ1n) is 5.75.